The number of hydrogen-bond donors (Lipinski definition) is 1. The van der Waals surface area contributed by atoms with E-state index in [0.29, 0.717) is 6.42 Å². The molecular formula is C12H13F3O3. The number of hydrogen-bond acceptors (Lipinski definition) is 2. The van der Waals surface area contributed by atoms with E-state index < -0.39 is 12.3 Å². The molecule has 0 amide bonds. The number of aliphatic carboxylic acids is 1. The van der Waals surface area contributed by atoms with Crippen LogP contribution in [0.1, 0.15) is 31.2 Å². The van der Waals surface area contributed by atoms with Gasteiger partial charge in [0.1, 0.15) is 5.75 Å². The Morgan fingerprint density at radius 1 is 1.33 bits per heavy atom. The third kappa shape index (κ3) is 5.07. The van der Waals surface area contributed by atoms with Crippen LogP contribution in [0.4, 0.5) is 13.2 Å². The molecule has 18 heavy (non-hydrogen) atoms. The molecule has 0 bridgehead atoms. The van der Waals surface area contributed by atoms with E-state index in [9.17, 15) is 18.0 Å². The second kappa shape index (κ2) is 5.75. The molecule has 1 unspecified atom stereocenters. The van der Waals surface area contributed by atoms with Crippen LogP contribution in [0.3, 0.4) is 0 Å². The Kier molecular flexibility index (Phi) is 4.58. The van der Waals surface area contributed by atoms with Gasteiger partial charge in [0.2, 0.25) is 0 Å². The van der Waals surface area contributed by atoms with Crippen LogP contribution in [0.25, 0.3) is 0 Å². The molecule has 1 aromatic carbocycles. The molecule has 1 atom stereocenters. The summed E-state index contributed by atoms with van der Waals surface area (Å²) in [6.45, 7) is 1.82. The molecule has 1 rings (SSSR count). The number of carboxylic acid groups (broad SMARTS) is 1. The van der Waals surface area contributed by atoms with Crippen molar-refractivity contribution in [2.24, 2.45) is 0 Å². The highest BCUT2D eigenvalue weighted by molar-refractivity contribution is 5.66. The highest BCUT2D eigenvalue weighted by atomic mass is 19.4. The maximum atomic E-state index is 11.9. The van der Waals surface area contributed by atoms with Crippen molar-refractivity contribution in [1.82, 2.24) is 0 Å². The number of carboxylic acids is 1. The van der Waals surface area contributed by atoms with Crippen molar-refractivity contribution in [2.45, 2.75) is 32.0 Å². The van der Waals surface area contributed by atoms with E-state index in [1.807, 2.05) is 6.92 Å². The summed E-state index contributed by atoms with van der Waals surface area (Å²) >= 11 is 0. The Morgan fingerprint density at radius 2 is 1.89 bits per heavy atom. The number of alkyl halides is 3. The van der Waals surface area contributed by atoms with Crippen LogP contribution in [-0.4, -0.2) is 17.4 Å². The zero-order valence-corrected chi connectivity index (χ0v) is 9.70. The third-order valence-electron chi connectivity index (χ3n) is 2.47. The molecule has 0 aliphatic carbocycles. The topological polar surface area (TPSA) is 46.5 Å². The van der Waals surface area contributed by atoms with E-state index in [0.717, 1.165) is 5.56 Å². The quantitative estimate of drug-likeness (QED) is 0.882. The summed E-state index contributed by atoms with van der Waals surface area (Å²) in [5, 5.41) is 8.54. The number of rotatable bonds is 5. The average Bonchev–Trinajstić information content (AvgIpc) is 2.24. The van der Waals surface area contributed by atoms with Crippen molar-refractivity contribution < 1.29 is 27.8 Å². The van der Waals surface area contributed by atoms with Gasteiger partial charge >= 0.3 is 12.3 Å². The molecule has 0 saturated heterocycles. The number of carbonyl (C=O) groups is 1. The van der Waals surface area contributed by atoms with Crippen molar-refractivity contribution >= 4 is 5.97 Å². The van der Waals surface area contributed by atoms with Gasteiger partial charge in [-0.3, -0.25) is 4.79 Å². The van der Waals surface area contributed by atoms with Gasteiger partial charge < -0.3 is 9.84 Å². The molecule has 0 fully saturated rings. The first kappa shape index (κ1) is 14.3. The Bertz CT molecular complexity index is 398. The summed E-state index contributed by atoms with van der Waals surface area (Å²) in [6, 6.07) is 5.46. The summed E-state index contributed by atoms with van der Waals surface area (Å²) in [5.74, 6) is -1.20. The fourth-order valence-corrected chi connectivity index (χ4v) is 1.50. The van der Waals surface area contributed by atoms with Crippen molar-refractivity contribution in [2.75, 3.05) is 0 Å². The van der Waals surface area contributed by atoms with Crippen LogP contribution in [0.5, 0.6) is 5.75 Å². The second-order valence-corrected chi connectivity index (χ2v) is 3.95. The first-order chi connectivity index (χ1) is 8.28. The summed E-state index contributed by atoms with van der Waals surface area (Å²) < 4.78 is 39.5. The number of benzene rings is 1. The van der Waals surface area contributed by atoms with Gasteiger partial charge in [-0.2, -0.15) is 0 Å². The summed E-state index contributed by atoms with van der Waals surface area (Å²) in [6.07, 6.45) is -4.23. The Labute approximate surface area is 102 Å². The molecular weight excluding hydrogens is 249 g/mol. The first-order valence-corrected chi connectivity index (χ1v) is 5.35. The fourth-order valence-electron chi connectivity index (χ4n) is 1.50. The van der Waals surface area contributed by atoms with Gasteiger partial charge in [-0.1, -0.05) is 19.1 Å². The lowest BCUT2D eigenvalue weighted by Gasteiger charge is -2.12. The molecule has 3 nitrogen and oxygen atoms in total. The molecule has 0 aliphatic rings. The van der Waals surface area contributed by atoms with Gasteiger partial charge in [0, 0.05) is 6.42 Å². The van der Waals surface area contributed by atoms with E-state index in [4.69, 9.17) is 5.11 Å². The van der Waals surface area contributed by atoms with E-state index in [1.165, 1.54) is 24.3 Å². The highest BCUT2D eigenvalue weighted by Gasteiger charge is 2.30. The standard InChI is InChI=1S/C12H13F3O3/c1-8(2-7-11(16)17)9-3-5-10(6-4-9)18-12(13,14)15/h3-6,8H,2,7H2,1H3,(H,16,17). The summed E-state index contributed by atoms with van der Waals surface area (Å²) in [4.78, 5) is 10.4. The molecule has 100 valence electrons. The largest absolute Gasteiger partial charge is 0.573 e. The predicted octanol–water partition coefficient (Wildman–Crippen LogP) is 3.55. The van der Waals surface area contributed by atoms with Crippen molar-refractivity contribution in [3.05, 3.63) is 29.8 Å². The number of ether oxygens (including phenoxy) is 1. The zero-order chi connectivity index (χ0) is 13.8. The van der Waals surface area contributed by atoms with E-state index >= 15 is 0 Å². The molecule has 0 aromatic heterocycles. The summed E-state index contributed by atoms with van der Waals surface area (Å²) in [7, 11) is 0. The lowest BCUT2D eigenvalue weighted by Crippen LogP contribution is -2.17. The molecule has 0 heterocycles. The molecule has 6 heteroatoms. The van der Waals surface area contributed by atoms with E-state index in [-0.39, 0.29) is 18.1 Å². The molecule has 0 spiro atoms. The lowest BCUT2D eigenvalue weighted by molar-refractivity contribution is -0.274. The van der Waals surface area contributed by atoms with Gasteiger partial charge in [-0.05, 0) is 30.0 Å². The zero-order valence-electron chi connectivity index (χ0n) is 9.70. The monoisotopic (exact) mass is 262 g/mol. The molecule has 0 saturated carbocycles. The van der Waals surface area contributed by atoms with Crippen LogP contribution >= 0.6 is 0 Å². The minimum Gasteiger partial charge on any atom is -0.481 e. The average molecular weight is 262 g/mol. The Balaban J connectivity index is 2.62. The smallest absolute Gasteiger partial charge is 0.481 e. The molecule has 0 radical (unpaired) electrons. The molecule has 0 aliphatic heterocycles. The van der Waals surface area contributed by atoms with Crippen molar-refractivity contribution in [3.8, 4) is 5.75 Å². The maximum Gasteiger partial charge on any atom is 0.573 e. The third-order valence-corrected chi connectivity index (χ3v) is 2.47. The van der Waals surface area contributed by atoms with Crippen LogP contribution in [0, 0.1) is 0 Å². The van der Waals surface area contributed by atoms with Gasteiger partial charge in [0.05, 0.1) is 0 Å². The molecule has 1 aromatic rings. The number of halogens is 3. The lowest BCUT2D eigenvalue weighted by atomic mass is 9.96. The minimum absolute atomic E-state index is 0.0268. The fraction of sp³-hybridized carbons (Fsp3) is 0.417. The van der Waals surface area contributed by atoms with Gasteiger partial charge in [0.25, 0.3) is 0 Å². The predicted molar refractivity (Wildman–Crippen MR) is 58.4 cm³/mol. The first-order valence-electron chi connectivity index (χ1n) is 5.35. The van der Waals surface area contributed by atoms with Gasteiger partial charge in [-0.25, -0.2) is 0 Å². The van der Waals surface area contributed by atoms with Crippen molar-refractivity contribution in [3.63, 3.8) is 0 Å². The Hall–Kier alpha value is -1.72. The summed E-state index contributed by atoms with van der Waals surface area (Å²) in [5.41, 5.74) is 0.783. The highest BCUT2D eigenvalue weighted by Crippen LogP contribution is 2.26. The van der Waals surface area contributed by atoms with Crippen LogP contribution in [-0.2, 0) is 4.79 Å². The van der Waals surface area contributed by atoms with Crippen LogP contribution in [0.2, 0.25) is 0 Å². The van der Waals surface area contributed by atoms with E-state index in [1.54, 1.807) is 0 Å². The maximum absolute atomic E-state index is 11.9. The minimum atomic E-state index is -4.70. The van der Waals surface area contributed by atoms with Crippen LogP contribution < -0.4 is 4.74 Å². The molecule has 1 N–H and O–H groups in total. The Morgan fingerprint density at radius 3 is 2.33 bits per heavy atom. The van der Waals surface area contributed by atoms with Gasteiger partial charge in [0.15, 0.2) is 0 Å². The van der Waals surface area contributed by atoms with Gasteiger partial charge in [-0.15, -0.1) is 13.2 Å². The van der Waals surface area contributed by atoms with Crippen LogP contribution in [0.15, 0.2) is 24.3 Å². The normalized spacial score (nSPS) is 13.1. The SMILES string of the molecule is CC(CCC(=O)O)c1ccc(OC(F)(F)F)cc1. The van der Waals surface area contributed by atoms with E-state index in [2.05, 4.69) is 4.74 Å². The van der Waals surface area contributed by atoms with Crippen molar-refractivity contribution in [1.29, 1.82) is 0 Å². The second-order valence-electron chi connectivity index (χ2n) is 3.95.